The Balaban J connectivity index is 1.70. The van der Waals surface area contributed by atoms with Gasteiger partial charge in [-0.05, 0) is 70.3 Å². The van der Waals surface area contributed by atoms with Gasteiger partial charge < -0.3 is 10.1 Å². The number of benzene rings is 2. The van der Waals surface area contributed by atoms with E-state index in [-0.39, 0.29) is 11.5 Å². The van der Waals surface area contributed by atoms with Gasteiger partial charge in [0.25, 0.3) is 11.1 Å². The second kappa shape index (κ2) is 10.0. The van der Waals surface area contributed by atoms with Crippen molar-refractivity contribution < 1.29 is 19.1 Å². The highest BCUT2D eigenvalue weighted by Gasteiger charge is 2.36. The number of nitrogens with zero attached hydrogens (tertiary/aromatic N) is 1. The highest BCUT2D eigenvalue weighted by Crippen LogP contribution is 2.33. The third kappa shape index (κ3) is 5.36. The van der Waals surface area contributed by atoms with E-state index in [9.17, 15) is 14.4 Å². The van der Waals surface area contributed by atoms with Crippen molar-refractivity contribution in [3.8, 4) is 18.1 Å². The number of hydrogen-bond acceptors (Lipinski definition) is 5. The van der Waals surface area contributed by atoms with Crippen molar-refractivity contribution in [1.82, 2.24) is 4.90 Å². The fourth-order valence-corrected chi connectivity index (χ4v) is 4.24. The van der Waals surface area contributed by atoms with Gasteiger partial charge in [-0.3, -0.25) is 19.3 Å². The van der Waals surface area contributed by atoms with E-state index in [4.69, 9.17) is 22.8 Å². The second-order valence-electron chi connectivity index (χ2n) is 5.98. The van der Waals surface area contributed by atoms with Crippen molar-refractivity contribution in [2.45, 2.75) is 0 Å². The Hall–Kier alpha value is -2.48. The molecule has 2 aromatic rings. The van der Waals surface area contributed by atoms with Gasteiger partial charge in [0.05, 0.1) is 19.2 Å². The Kier molecular flexibility index (Phi) is 7.42. The Labute approximate surface area is 196 Å². The number of imide groups is 1. The molecule has 0 saturated carbocycles. The van der Waals surface area contributed by atoms with Gasteiger partial charge in [0.2, 0.25) is 5.91 Å². The van der Waals surface area contributed by atoms with Gasteiger partial charge in [0.15, 0.2) is 0 Å². The monoisotopic (exact) mass is 552 g/mol. The number of nitrogens with one attached hydrogen (secondary N) is 1. The number of hydrogen-bond donors (Lipinski definition) is 1. The number of anilines is 1. The van der Waals surface area contributed by atoms with E-state index in [0.717, 1.165) is 25.8 Å². The zero-order valence-corrected chi connectivity index (χ0v) is 19.1. The molecule has 30 heavy (non-hydrogen) atoms. The summed E-state index contributed by atoms with van der Waals surface area (Å²) in [5.41, 5.74) is 1.13. The molecule has 0 aliphatic carbocycles. The Morgan fingerprint density at radius 1 is 1.30 bits per heavy atom. The first kappa shape index (κ1) is 22.2. The van der Waals surface area contributed by atoms with Crippen LogP contribution in [0.2, 0.25) is 5.02 Å². The van der Waals surface area contributed by atoms with Crippen LogP contribution in [0.25, 0.3) is 6.08 Å². The minimum atomic E-state index is -0.526. The SMILES string of the molecule is C#CCOc1ccc(/C=C2/SC(=O)N(CC(=O)Nc3ccccc3Cl)C2=O)cc1I. The molecule has 1 heterocycles. The van der Waals surface area contributed by atoms with Crippen LogP contribution in [0.5, 0.6) is 5.75 Å². The molecule has 1 saturated heterocycles. The van der Waals surface area contributed by atoms with E-state index < -0.39 is 23.6 Å². The van der Waals surface area contributed by atoms with Gasteiger partial charge in [-0.15, -0.1) is 6.42 Å². The molecular weight excluding hydrogens is 539 g/mol. The fraction of sp³-hybridized carbons (Fsp3) is 0.0952. The van der Waals surface area contributed by atoms with Crippen LogP contribution >= 0.6 is 46.0 Å². The molecule has 0 radical (unpaired) electrons. The molecule has 1 aliphatic heterocycles. The summed E-state index contributed by atoms with van der Waals surface area (Å²) >= 11 is 8.90. The molecule has 0 bridgehead atoms. The van der Waals surface area contributed by atoms with Crippen molar-refractivity contribution in [2.24, 2.45) is 0 Å². The van der Waals surface area contributed by atoms with Crippen LogP contribution in [0.15, 0.2) is 47.4 Å². The Morgan fingerprint density at radius 2 is 2.07 bits per heavy atom. The third-order valence-corrected chi connectivity index (χ3v) is 5.97. The molecular formula is C21H14ClIN2O4S. The number of amides is 3. The van der Waals surface area contributed by atoms with E-state index in [1.54, 1.807) is 42.5 Å². The second-order valence-corrected chi connectivity index (χ2v) is 8.54. The lowest BCUT2D eigenvalue weighted by molar-refractivity contribution is -0.127. The number of rotatable bonds is 6. The maximum absolute atomic E-state index is 12.6. The van der Waals surface area contributed by atoms with E-state index >= 15 is 0 Å². The number of thioether (sulfide) groups is 1. The molecule has 0 atom stereocenters. The van der Waals surface area contributed by atoms with Crippen molar-refractivity contribution in [3.05, 3.63) is 61.5 Å². The molecule has 3 rings (SSSR count). The van der Waals surface area contributed by atoms with Gasteiger partial charge in [-0.2, -0.15) is 0 Å². The number of carbonyl (C=O) groups excluding carboxylic acids is 3. The zero-order valence-electron chi connectivity index (χ0n) is 15.4. The van der Waals surface area contributed by atoms with Crippen LogP contribution in [0, 0.1) is 15.9 Å². The summed E-state index contributed by atoms with van der Waals surface area (Å²) in [5, 5.41) is 2.45. The molecule has 2 aromatic carbocycles. The molecule has 9 heteroatoms. The largest absolute Gasteiger partial charge is 0.480 e. The molecule has 6 nitrogen and oxygen atoms in total. The minimum Gasteiger partial charge on any atom is -0.480 e. The lowest BCUT2D eigenvalue weighted by Gasteiger charge is -2.13. The first-order valence-corrected chi connectivity index (χ1v) is 10.8. The molecule has 152 valence electrons. The fourth-order valence-electron chi connectivity index (χ4n) is 2.53. The predicted octanol–water partition coefficient (Wildman–Crippen LogP) is 4.63. The topological polar surface area (TPSA) is 75.7 Å². The standard InChI is InChI=1S/C21H14ClIN2O4S/c1-2-9-29-17-8-7-13(10-15(17)23)11-18-20(27)25(21(28)30-18)12-19(26)24-16-6-4-3-5-14(16)22/h1,3-8,10-11H,9,12H2,(H,24,26)/b18-11+. The normalized spacial score (nSPS) is 14.7. The first-order valence-electron chi connectivity index (χ1n) is 8.54. The maximum atomic E-state index is 12.6. The summed E-state index contributed by atoms with van der Waals surface area (Å²) in [5.74, 6) is 1.99. The number of carbonyl (C=O) groups is 3. The van der Waals surface area contributed by atoms with Crippen LogP contribution in [0.3, 0.4) is 0 Å². The summed E-state index contributed by atoms with van der Waals surface area (Å²) in [6.45, 7) is -0.242. The van der Waals surface area contributed by atoms with Crippen molar-refractivity contribution in [1.29, 1.82) is 0 Å². The minimum absolute atomic E-state index is 0.157. The quantitative estimate of drug-likeness (QED) is 0.321. The highest BCUT2D eigenvalue weighted by molar-refractivity contribution is 14.1. The summed E-state index contributed by atoms with van der Waals surface area (Å²) in [6.07, 6.45) is 6.79. The van der Waals surface area contributed by atoms with E-state index in [0.29, 0.717) is 16.5 Å². The van der Waals surface area contributed by atoms with Gasteiger partial charge in [0.1, 0.15) is 18.9 Å². The Bertz CT molecular complexity index is 1100. The number of terminal acetylenes is 1. The predicted molar refractivity (Wildman–Crippen MR) is 126 cm³/mol. The van der Waals surface area contributed by atoms with Crippen LogP contribution in [-0.4, -0.2) is 35.1 Å². The van der Waals surface area contributed by atoms with Gasteiger partial charge in [-0.25, -0.2) is 0 Å². The van der Waals surface area contributed by atoms with Crippen LogP contribution in [0.4, 0.5) is 10.5 Å². The van der Waals surface area contributed by atoms with Crippen molar-refractivity contribution in [2.75, 3.05) is 18.5 Å². The lowest BCUT2D eigenvalue weighted by Crippen LogP contribution is -2.36. The van der Waals surface area contributed by atoms with E-state index in [1.165, 1.54) is 0 Å². The summed E-state index contributed by atoms with van der Waals surface area (Å²) < 4.78 is 6.23. The maximum Gasteiger partial charge on any atom is 0.294 e. The van der Waals surface area contributed by atoms with Crippen LogP contribution < -0.4 is 10.1 Å². The zero-order chi connectivity index (χ0) is 21.7. The van der Waals surface area contributed by atoms with E-state index in [2.05, 4.69) is 33.8 Å². The summed E-state index contributed by atoms with van der Waals surface area (Å²) in [7, 11) is 0. The van der Waals surface area contributed by atoms with Crippen molar-refractivity contribution in [3.63, 3.8) is 0 Å². The van der Waals surface area contributed by atoms with Crippen LogP contribution in [-0.2, 0) is 9.59 Å². The van der Waals surface area contributed by atoms with E-state index in [1.807, 2.05) is 6.07 Å². The number of halogens is 2. The third-order valence-electron chi connectivity index (χ3n) is 3.89. The molecule has 0 spiro atoms. The molecule has 0 unspecified atom stereocenters. The van der Waals surface area contributed by atoms with Gasteiger partial charge in [0, 0.05) is 0 Å². The molecule has 0 aromatic heterocycles. The Morgan fingerprint density at radius 3 is 2.77 bits per heavy atom. The molecule has 1 aliphatic rings. The smallest absolute Gasteiger partial charge is 0.294 e. The average molecular weight is 553 g/mol. The van der Waals surface area contributed by atoms with Gasteiger partial charge >= 0.3 is 0 Å². The average Bonchev–Trinajstić information content (AvgIpc) is 2.96. The molecule has 1 N–H and O–H groups in total. The first-order chi connectivity index (χ1) is 14.4. The van der Waals surface area contributed by atoms with Crippen molar-refractivity contribution >= 4 is 74.8 Å². The number of para-hydroxylation sites is 1. The number of ether oxygens (including phenoxy) is 1. The highest BCUT2D eigenvalue weighted by atomic mass is 127. The lowest BCUT2D eigenvalue weighted by atomic mass is 10.2. The summed E-state index contributed by atoms with van der Waals surface area (Å²) in [6, 6.07) is 12.0. The van der Waals surface area contributed by atoms with Crippen LogP contribution in [0.1, 0.15) is 5.56 Å². The molecule has 1 fully saturated rings. The van der Waals surface area contributed by atoms with Gasteiger partial charge in [-0.1, -0.05) is 35.7 Å². The molecule has 3 amide bonds. The summed E-state index contributed by atoms with van der Waals surface area (Å²) in [4.78, 5) is 38.3.